The number of hydrogen-bond donors (Lipinski definition) is 1. The van der Waals surface area contributed by atoms with Gasteiger partial charge in [0.25, 0.3) is 0 Å². The highest BCUT2D eigenvalue weighted by Gasteiger charge is 2.07. The van der Waals surface area contributed by atoms with Crippen molar-refractivity contribution < 1.29 is 0 Å². The summed E-state index contributed by atoms with van der Waals surface area (Å²) in [5.74, 6) is 0. The van der Waals surface area contributed by atoms with Gasteiger partial charge in [-0.15, -0.1) is 11.3 Å². The maximum Gasteiger partial charge on any atom is 0.158 e. The summed E-state index contributed by atoms with van der Waals surface area (Å²) in [5, 5.41) is 3.03. The molecule has 0 aliphatic heterocycles. The largest absolute Gasteiger partial charge is 0.337 e. The number of aromatic amines is 1. The molecule has 0 aliphatic carbocycles. The second-order valence-electron chi connectivity index (χ2n) is 2.66. The van der Waals surface area contributed by atoms with Crippen LogP contribution in [0.25, 0.3) is 11.3 Å². The van der Waals surface area contributed by atoms with Crippen LogP contribution in [-0.2, 0) is 0 Å². The van der Waals surface area contributed by atoms with Crippen molar-refractivity contribution >= 4 is 46.8 Å². The monoisotopic (exact) mass is 261 g/mol. The maximum atomic E-state index is 6.06. The normalized spacial score (nSPS) is 10.4. The van der Waals surface area contributed by atoms with Gasteiger partial charge < -0.3 is 4.98 Å². The van der Waals surface area contributed by atoms with Crippen molar-refractivity contribution in [1.29, 1.82) is 0 Å². The molecule has 1 aromatic heterocycles. The van der Waals surface area contributed by atoms with Crippen molar-refractivity contribution in [2.75, 3.05) is 0 Å². The van der Waals surface area contributed by atoms with E-state index in [1.165, 1.54) is 11.3 Å². The van der Waals surface area contributed by atoms with Gasteiger partial charge in [-0.3, -0.25) is 0 Å². The van der Waals surface area contributed by atoms with Gasteiger partial charge in [0.2, 0.25) is 0 Å². The van der Waals surface area contributed by atoms with Crippen LogP contribution in [-0.4, -0.2) is 4.98 Å². The highest BCUT2D eigenvalue weighted by atomic mass is 35.5. The molecule has 1 nitrogen and oxygen atoms in total. The van der Waals surface area contributed by atoms with E-state index in [2.05, 4.69) is 4.98 Å². The first-order chi connectivity index (χ1) is 6.68. The first kappa shape index (κ1) is 10.2. The number of H-pyrrole nitrogens is 1. The molecule has 1 heterocycles. The molecule has 0 saturated carbocycles. The summed E-state index contributed by atoms with van der Waals surface area (Å²) >= 11 is 18.4. The average molecular weight is 262 g/mol. The molecule has 0 radical (unpaired) electrons. The Morgan fingerprint density at radius 3 is 2.71 bits per heavy atom. The van der Waals surface area contributed by atoms with E-state index < -0.39 is 0 Å². The molecule has 0 spiro atoms. The van der Waals surface area contributed by atoms with Crippen molar-refractivity contribution in [2.24, 2.45) is 0 Å². The van der Waals surface area contributed by atoms with Crippen LogP contribution >= 0.6 is 46.8 Å². The summed E-state index contributed by atoms with van der Waals surface area (Å²) in [7, 11) is 0. The van der Waals surface area contributed by atoms with Crippen LogP contribution in [0.2, 0.25) is 10.0 Å². The molecule has 1 aromatic carbocycles. The van der Waals surface area contributed by atoms with Gasteiger partial charge >= 0.3 is 0 Å². The fourth-order valence-corrected chi connectivity index (χ4v) is 2.36. The molecule has 0 atom stereocenters. The van der Waals surface area contributed by atoms with Gasteiger partial charge in [0.15, 0.2) is 3.95 Å². The quantitative estimate of drug-likeness (QED) is 0.731. The Hall–Kier alpha value is -0.350. The van der Waals surface area contributed by atoms with E-state index in [1.807, 2.05) is 17.5 Å². The molecule has 72 valence electrons. The molecule has 0 unspecified atom stereocenters. The second kappa shape index (κ2) is 4.03. The summed E-state index contributed by atoms with van der Waals surface area (Å²) in [5.41, 5.74) is 1.79. The Labute approximate surface area is 100 Å². The lowest BCUT2D eigenvalue weighted by atomic mass is 10.2. The first-order valence-corrected chi connectivity index (χ1v) is 5.85. The van der Waals surface area contributed by atoms with Gasteiger partial charge in [0.05, 0.1) is 15.7 Å². The average Bonchev–Trinajstić information content (AvgIpc) is 2.57. The van der Waals surface area contributed by atoms with Gasteiger partial charge in [-0.2, -0.15) is 0 Å². The van der Waals surface area contributed by atoms with Crippen molar-refractivity contribution in [3.05, 3.63) is 37.6 Å². The fraction of sp³-hybridized carbons (Fsp3) is 0. The Kier molecular flexibility index (Phi) is 2.93. The lowest BCUT2D eigenvalue weighted by Crippen LogP contribution is -1.79. The number of benzene rings is 1. The van der Waals surface area contributed by atoms with E-state index in [0.717, 1.165) is 15.2 Å². The van der Waals surface area contributed by atoms with Crippen LogP contribution in [0.5, 0.6) is 0 Å². The van der Waals surface area contributed by atoms with Crippen molar-refractivity contribution in [3.63, 3.8) is 0 Å². The second-order valence-corrected chi connectivity index (χ2v) is 4.99. The molecule has 0 saturated heterocycles. The van der Waals surface area contributed by atoms with Gasteiger partial charge in [-0.25, -0.2) is 0 Å². The number of aromatic nitrogens is 1. The number of rotatable bonds is 1. The predicted octanol–water partition coefficient (Wildman–Crippen LogP) is 4.78. The van der Waals surface area contributed by atoms with Crippen molar-refractivity contribution in [3.8, 4) is 11.3 Å². The van der Waals surface area contributed by atoms with Crippen molar-refractivity contribution in [2.45, 2.75) is 0 Å². The third-order valence-electron chi connectivity index (χ3n) is 1.76. The molecule has 1 N–H and O–H groups in total. The Morgan fingerprint density at radius 2 is 2.07 bits per heavy atom. The smallest absolute Gasteiger partial charge is 0.158 e. The molecule has 14 heavy (non-hydrogen) atoms. The topological polar surface area (TPSA) is 15.8 Å². The van der Waals surface area contributed by atoms with Crippen LogP contribution in [0.15, 0.2) is 23.6 Å². The van der Waals surface area contributed by atoms with Crippen LogP contribution in [0.4, 0.5) is 0 Å². The van der Waals surface area contributed by atoms with Gasteiger partial charge in [0.1, 0.15) is 0 Å². The summed E-state index contributed by atoms with van der Waals surface area (Å²) in [4.78, 5) is 3.05. The highest BCUT2D eigenvalue weighted by Crippen LogP contribution is 2.33. The zero-order valence-electron chi connectivity index (χ0n) is 6.88. The molecular weight excluding hydrogens is 257 g/mol. The minimum Gasteiger partial charge on any atom is -0.337 e. The van der Waals surface area contributed by atoms with E-state index in [-0.39, 0.29) is 0 Å². The minimum atomic E-state index is 0.551. The van der Waals surface area contributed by atoms with Crippen LogP contribution in [0.1, 0.15) is 0 Å². The summed E-state index contributed by atoms with van der Waals surface area (Å²) < 4.78 is 0.732. The zero-order valence-corrected chi connectivity index (χ0v) is 10.0. The predicted molar refractivity (Wildman–Crippen MR) is 65.0 cm³/mol. The Bertz CT molecular complexity index is 516. The first-order valence-electron chi connectivity index (χ1n) is 3.80. The third kappa shape index (κ3) is 1.86. The third-order valence-corrected chi connectivity index (χ3v) is 3.64. The molecule has 0 amide bonds. The summed E-state index contributed by atoms with van der Waals surface area (Å²) in [6, 6.07) is 5.52. The van der Waals surface area contributed by atoms with E-state index in [0.29, 0.717) is 10.0 Å². The SMILES string of the molecule is S=c1[nH]c(-c2cccc(Cl)c2Cl)cs1. The van der Waals surface area contributed by atoms with Crippen molar-refractivity contribution in [1.82, 2.24) is 4.98 Å². The fourth-order valence-electron chi connectivity index (χ4n) is 1.12. The zero-order chi connectivity index (χ0) is 10.1. The summed E-state index contributed by atoms with van der Waals surface area (Å²) in [6.45, 7) is 0. The molecular formula is C9H5Cl2NS2. The lowest BCUT2D eigenvalue weighted by Gasteiger charge is -2.02. The number of nitrogens with one attached hydrogen (secondary N) is 1. The van der Waals surface area contributed by atoms with Crippen LogP contribution < -0.4 is 0 Å². The lowest BCUT2D eigenvalue weighted by molar-refractivity contribution is 1.39. The minimum absolute atomic E-state index is 0.551. The van der Waals surface area contributed by atoms with Gasteiger partial charge in [0, 0.05) is 10.9 Å². The van der Waals surface area contributed by atoms with E-state index in [1.54, 1.807) is 6.07 Å². The van der Waals surface area contributed by atoms with Gasteiger partial charge in [-0.1, -0.05) is 35.3 Å². The molecule has 0 fully saturated rings. The number of thiazole rings is 1. The van der Waals surface area contributed by atoms with E-state index in [9.17, 15) is 0 Å². The van der Waals surface area contributed by atoms with Crippen LogP contribution in [0.3, 0.4) is 0 Å². The highest BCUT2D eigenvalue weighted by molar-refractivity contribution is 7.73. The molecule has 0 aliphatic rings. The Morgan fingerprint density at radius 1 is 1.29 bits per heavy atom. The van der Waals surface area contributed by atoms with Gasteiger partial charge in [-0.05, 0) is 18.3 Å². The Balaban J connectivity index is 2.62. The molecule has 2 aromatic rings. The molecule has 0 bridgehead atoms. The molecule has 5 heteroatoms. The van der Waals surface area contributed by atoms with E-state index >= 15 is 0 Å². The summed E-state index contributed by atoms with van der Waals surface area (Å²) in [6.07, 6.45) is 0. The van der Waals surface area contributed by atoms with E-state index in [4.69, 9.17) is 35.4 Å². The maximum absolute atomic E-state index is 6.06. The number of halogens is 2. The number of hydrogen-bond acceptors (Lipinski definition) is 2. The standard InChI is InChI=1S/C9H5Cl2NS2/c10-6-3-1-2-5(8(6)11)7-4-14-9(13)12-7/h1-4H,(H,12,13). The van der Waals surface area contributed by atoms with Crippen LogP contribution in [0, 0.1) is 3.95 Å². The molecule has 2 rings (SSSR count).